The van der Waals surface area contributed by atoms with Crippen LogP contribution in [-0.4, -0.2) is 18.3 Å². The Morgan fingerprint density at radius 3 is 2.67 bits per heavy atom. The molecule has 1 aromatic rings. The number of halogens is 1. The van der Waals surface area contributed by atoms with Crippen molar-refractivity contribution >= 4 is 27.7 Å². The summed E-state index contributed by atoms with van der Waals surface area (Å²) in [5.41, 5.74) is 0. The first-order valence-corrected chi connectivity index (χ1v) is 10.00. The molecule has 1 fully saturated rings. The van der Waals surface area contributed by atoms with Crippen LogP contribution in [0.4, 0.5) is 0 Å². The highest BCUT2D eigenvalue weighted by Gasteiger charge is 2.29. The summed E-state index contributed by atoms with van der Waals surface area (Å²) in [6.07, 6.45) is 4.17. The van der Waals surface area contributed by atoms with E-state index >= 15 is 0 Å². The van der Waals surface area contributed by atoms with Crippen LogP contribution in [0.1, 0.15) is 40.0 Å². The number of benzene rings is 1. The van der Waals surface area contributed by atoms with Crippen LogP contribution in [0, 0.1) is 17.8 Å². The molecule has 0 bridgehead atoms. The van der Waals surface area contributed by atoms with Crippen LogP contribution in [-0.2, 0) is 0 Å². The van der Waals surface area contributed by atoms with E-state index < -0.39 is 0 Å². The van der Waals surface area contributed by atoms with Crippen molar-refractivity contribution in [1.29, 1.82) is 0 Å². The zero-order valence-electron chi connectivity index (χ0n) is 13.4. The van der Waals surface area contributed by atoms with Crippen molar-refractivity contribution in [3.05, 3.63) is 28.7 Å². The molecule has 1 aliphatic carbocycles. The third-order valence-electron chi connectivity index (χ3n) is 4.93. The average molecular weight is 370 g/mol. The van der Waals surface area contributed by atoms with Crippen LogP contribution in [0.15, 0.2) is 33.6 Å². The number of hydrogen-bond donors (Lipinski definition) is 1. The molecule has 118 valence electrons. The van der Waals surface area contributed by atoms with Crippen LogP contribution in [0.5, 0.6) is 0 Å². The monoisotopic (exact) mass is 369 g/mol. The summed E-state index contributed by atoms with van der Waals surface area (Å²) >= 11 is 5.64. The van der Waals surface area contributed by atoms with E-state index in [9.17, 15) is 0 Å². The van der Waals surface area contributed by atoms with Gasteiger partial charge in [-0.25, -0.2) is 0 Å². The van der Waals surface area contributed by atoms with E-state index in [1.165, 1.54) is 34.4 Å². The molecule has 3 heteroatoms. The maximum absolute atomic E-state index is 3.74. The van der Waals surface area contributed by atoms with Gasteiger partial charge >= 0.3 is 0 Å². The van der Waals surface area contributed by atoms with Gasteiger partial charge in [0.25, 0.3) is 0 Å². The van der Waals surface area contributed by atoms with Gasteiger partial charge in [-0.15, -0.1) is 11.8 Å². The number of thioether (sulfide) groups is 1. The lowest BCUT2D eigenvalue weighted by atomic mass is 9.73. The zero-order chi connectivity index (χ0) is 15.2. The average Bonchev–Trinajstić information content (AvgIpc) is 2.48. The maximum Gasteiger partial charge on any atom is 0.0311 e. The minimum Gasteiger partial charge on any atom is -0.313 e. The molecular formula is C18H28BrNS. The summed E-state index contributed by atoms with van der Waals surface area (Å²) in [6, 6.07) is 9.19. The molecule has 21 heavy (non-hydrogen) atoms. The van der Waals surface area contributed by atoms with Crippen LogP contribution < -0.4 is 5.32 Å². The van der Waals surface area contributed by atoms with Crippen molar-refractivity contribution in [1.82, 2.24) is 5.32 Å². The zero-order valence-corrected chi connectivity index (χ0v) is 15.8. The lowest BCUT2D eigenvalue weighted by molar-refractivity contribution is 0.179. The van der Waals surface area contributed by atoms with Gasteiger partial charge in [-0.3, -0.25) is 0 Å². The Kier molecular flexibility index (Phi) is 7.11. The Hall–Kier alpha value is 0.01000. The molecule has 4 unspecified atom stereocenters. The largest absolute Gasteiger partial charge is 0.313 e. The first kappa shape index (κ1) is 17.4. The molecule has 1 N–H and O–H groups in total. The Bertz CT molecular complexity index is 437. The molecule has 1 aliphatic rings. The highest BCUT2D eigenvalue weighted by Crippen LogP contribution is 2.37. The smallest absolute Gasteiger partial charge is 0.0311 e. The van der Waals surface area contributed by atoms with E-state index in [1.54, 1.807) is 0 Å². The summed E-state index contributed by atoms with van der Waals surface area (Å²) < 4.78 is 1.22. The molecule has 0 spiro atoms. The normalized spacial score (nSPS) is 27.5. The summed E-state index contributed by atoms with van der Waals surface area (Å²) in [6.45, 7) is 8.15. The summed E-state index contributed by atoms with van der Waals surface area (Å²) in [4.78, 5) is 1.36. The number of rotatable bonds is 6. The van der Waals surface area contributed by atoms with E-state index in [-0.39, 0.29) is 0 Å². The summed E-state index contributed by atoms with van der Waals surface area (Å²) in [5.74, 6) is 3.78. The molecule has 0 aromatic heterocycles. The van der Waals surface area contributed by atoms with Gasteiger partial charge in [0.1, 0.15) is 0 Å². The molecule has 0 saturated heterocycles. The molecule has 0 heterocycles. The molecule has 0 amide bonds. The van der Waals surface area contributed by atoms with Gasteiger partial charge < -0.3 is 5.32 Å². The van der Waals surface area contributed by atoms with Crippen LogP contribution >= 0.6 is 27.7 Å². The summed E-state index contributed by atoms with van der Waals surface area (Å²) in [5, 5.41) is 3.74. The van der Waals surface area contributed by atoms with Gasteiger partial charge in [0.05, 0.1) is 0 Å². The van der Waals surface area contributed by atoms with Gasteiger partial charge in [-0.2, -0.15) is 0 Å². The molecule has 2 rings (SSSR count). The summed E-state index contributed by atoms with van der Waals surface area (Å²) in [7, 11) is 0. The highest BCUT2D eigenvalue weighted by molar-refractivity contribution is 9.10. The molecule has 4 atom stereocenters. The van der Waals surface area contributed by atoms with E-state index in [0.717, 1.165) is 24.3 Å². The quantitative estimate of drug-likeness (QED) is 0.655. The van der Waals surface area contributed by atoms with Gasteiger partial charge in [0.2, 0.25) is 0 Å². The van der Waals surface area contributed by atoms with Crippen molar-refractivity contribution in [2.24, 2.45) is 17.8 Å². The van der Waals surface area contributed by atoms with Gasteiger partial charge in [-0.1, -0.05) is 39.3 Å². The topological polar surface area (TPSA) is 12.0 Å². The molecule has 0 radical (unpaired) electrons. The van der Waals surface area contributed by atoms with Gasteiger partial charge in [0, 0.05) is 21.2 Å². The predicted molar refractivity (Wildman–Crippen MR) is 98.0 cm³/mol. The van der Waals surface area contributed by atoms with E-state index in [1.807, 2.05) is 11.8 Å². The fourth-order valence-corrected chi connectivity index (χ4v) is 5.08. The Balaban J connectivity index is 1.94. The van der Waals surface area contributed by atoms with Gasteiger partial charge in [0.15, 0.2) is 0 Å². The Morgan fingerprint density at radius 1 is 1.24 bits per heavy atom. The molecule has 1 nitrogen and oxygen atoms in total. The second kappa shape index (κ2) is 8.59. The van der Waals surface area contributed by atoms with Crippen LogP contribution in [0.2, 0.25) is 0 Å². The fraction of sp³-hybridized carbons (Fsp3) is 0.667. The molecule has 1 aromatic carbocycles. The lowest BCUT2D eigenvalue weighted by Crippen LogP contribution is -2.41. The van der Waals surface area contributed by atoms with E-state index in [0.29, 0.717) is 6.04 Å². The van der Waals surface area contributed by atoms with Crippen LogP contribution in [0.3, 0.4) is 0 Å². The first-order chi connectivity index (χ1) is 10.1. The third-order valence-corrected chi connectivity index (χ3v) is 7.08. The van der Waals surface area contributed by atoms with Crippen molar-refractivity contribution in [2.45, 2.75) is 51.0 Å². The minimum atomic E-state index is 0.641. The highest BCUT2D eigenvalue weighted by atomic mass is 79.9. The first-order valence-electron chi connectivity index (χ1n) is 8.22. The fourth-order valence-electron chi connectivity index (χ4n) is 3.32. The van der Waals surface area contributed by atoms with Crippen molar-refractivity contribution in [3.63, 3.8) is 0 Å². The third kappa shape index (κ3) is 5.01. The van der Waals surface area contributed by atoms with Gasteiger partial charge in [-0.05, 0) is 65.2 Å². The van der Waals surface area contributed by atoms with E-state index in [2.05, 4.69) is 66.3 Å². The van der Waals surface area contributed by atoms with Crippen molar-refractivity contribution < 1.29 is 0 Å². The van der Waals surface area contributed by atoms with Crippen molar-refractivity contribution in [2.75, 3.05) is 12.3 Å². The molecule has 1 saturated carbocycles. The number of hydrogen-bond acceptors (Lipinski definition) is 2. The Labute approximate surface area is 142 Å². The second-order valence-corrected chi connectivity index (χ2v) is 8.35. The Morgan fingerprint density at radius 2 is 2.00 bits per heavy atom. The van der Waals surface area contributed by atoms with Crippen molar-refractivity contribution in [3.8, 4) is 0 Å². The molecular weight excluding hydrogens is 342 g/mol. The molecule has 0 aliphatic heterocycles. The van der Waals surface area contributed by atoms with Crippen LogP contribution in [0.25, 0.3) is 0 Å². The predicted octanol–water partition coefficient (Wildman–Crippen LogP) is 5.59. The maximum atomic E-state index is 3.74. The number of nitrogens with one attached hydrogen (secondary N) is 1. The van der Waals surface area contributed by atoms with E-state index in [4.69, 9.17) is 0 Å². The standard InChI is InChI=1S/C18H28BrNS/c1-4-20-17(15-10-9-13(2)14(3)11-15)12-21-18-8-6-5-7-16(18)19/h5-8,13-15,17,20H,4,9-12H2,1-3H3. The minimum absolute atomic E-state index is 0.641. The second-order valence-electron chi connectivity index (χ2n) is 6.43. The SMILES string of the molecule is CCNC(CSc1ccccc1Br)C1CCC(C)C(C)C1. The lowest BCUT2D eigenvalue weighted by Gasteiger charge is -2.37.